The third kappa shape index (κ3) is 3.35. The maximum Gasteiger partial charge on any atom is 0.338 e. The quantitative estimate of drug-likeness (QED) is 0.876. The summed E-state index contributed by atoms with van der Waals surface area (Å²) in [6.07, 6.45) is 3.30. The van der Waals surface area contributed by atoms with Crippen molar-refractivity contribution in [3.05, 3.63) is 58.7 Å². The van der Waals surface area contributed by atoms with Gasteiger partial charge in [-0.2, -0.15) is 5.26 Å². The summed E-state index contributed by atoms with van der Waals surface area (Å²) in [7, 11) is -3.99. The average molecular weight is 356 g/mol. The molecule has 1 aliphatic carbocycles. The molecule has 0 heterocycles. The van der Waals surface area contributed by atoms with E-state index in [-0.39, 0.29) is 21.7 Å². The van der Waals surface area contributed by atoms with E-state index in [0.29, 0.717) is 12.0 Å². The number of anilines is 1. The Labute approximate surface area is 145 Å². The Kier molecular flexibility index (Phi) is 4.47. The van der Waals surface area contributed by atoms with Crippen molar-refractivity contribution in [1.29, 1.82) is 5.26 Å². The zero-order valence-corrected chi connectivity index (χ0v) is 14.1. The maximum atomic E-state index is 12.6. The molecule has 0 radical (unpaired) electrons. The highest BCUT2D eigenvalue weighted by atomic mass is 32.2. The highest BCUT2D eigenvalue weighted by molar-refractivity contribution is 7.92. The van der Waals surface area contributed by atoms with E-state index in [0.717, 1.165) is 24.8 Å². The minimum atomic E-state index is -3.99. The summed E-state index contributed by atoms with van der Waals surface area (Å²) in [5, 5.41) is 18.5. The number of nitrogens with one attached hydrogen (secondary N) is 1. The topological polar surface area (TPSA) is 107 Å². The van der Waals surface area contributed by atoms with Gasteiger partial charge in [0.1, 0.15) is 0 Å². The van der Waals surface area contributed by atoms with Gasteiger partial charge in [0.25, 0.3) is 10.0 Å². The molecule has 1 aliphatic rings. The SMILES string of the molecule is N#Cc1cccc(S(=O)(=O)Nc2ccc3c(c2C(=O)O)CCCC3)c1. The van der Waals surface area contributed by atoms with Crippen molar-refractivity contribution < 1.29 is 18.3 Å². The number of aromatic carboxylic acids is 1. The molecular formula is C18H16N2O4S. The predicted molar refractivity (Wildman–Crippen MR) is 92.0 cm³/mol. The van der Waals surface area contributed by atoms with Gasteiger partial charge in [0, 0.05) is 0 Å². The molecule has 0 unspecified atom stereocenters. The molecule has 2 N–H and O–H groups in total. The van der Waals surface area contributed by atoms with Gasteiger partial charge in [0.2, 0.25) is 0 Å². The molecular weight excluding hydrogens is 340 g/mol. The number of nitriles is 1. The van der Waals surface area contributed by atoms with Crippen LogP contribution in [0.5, 0.6) is 0 Å². The van der Waals surface area contributed by atoms with E-state index in [1.54, 1.807) is 6.07 Å². The maximum absolute atomic E-state index is 12.6. The van der Waals surface area contributed by atoms with Gasteiger partial charge in [-0.25, -0.2) is 13.2 Å². The van der Waals surface area contributed by atoms with Crippen molar-refractivity contribution in [2.75, 3.05) is 4.72 Å². The molecule has 0 aromatic heterocycles. The van der Waals surface area contributed by atoms with Crippen LogP contribution in [-0.4, -0.2) is 19.5 Å². The summed E-state index contributed by atoms with van der Waals surface area (Å²) < 4.78 is 27.6. The van der Waals surface area contributed by atoms with Crippen LogP contribution >= 0.6 is 0 Å². The van der Waals surface area contributed by atoms with Crippen LogP contribution in [0.15, 0.2) is 41.3 Å². The van der Waals surface area contributed by atoms with E-state index < -0.39 is 16.0 Å². The standard InChI is InChI=1S/C18H16N2O4S/c19-11-12-4-3-6-14(10-12)25(23,24)20-16-9-8-13-5-1-2-7-15(13)17(16)18(21)22/h3-4,6,8-10,20H,1-2,5,7H2,(H,21,22). The lowest BCUT2D eigenvalue weighted by Crippen LogP contribution is -2.18. The molecule has 2 aromatic rings. The Balaban J connectivity index is 2.05. The first kappa shape index (κ1) is 17.0. The van der Waals surface area contributed by atoms with Gasteiger partial charge in [-0.1, -0.05) is 12.1 Å². The molecule has 0 spiro atoms. The Hall–Kier alpha value is -2.85. The molecule has 3 rings (SSSR count). The number of benzene rings is 2. The lowest BCUT2D eigenvalue weighted by Gasteiger charge is -2.20. The van der Waals surface area contributed by atoms with Crippen molar-refractivity contribution >= 4 is 21.7 Å². The van der Waals surface area contributed by atoms with Crippen LogP contribution in [0.4, 0.5) is 5.69 Å². The molecule has 0 saturated carbocycles. The molecule has 7 heteroatoms. The van der Waals surface area contributed by atoms with Crippen LogP contribution in [0.25, 0.3) is 0 Å². The van der Waals surface area contributed by atoms with Crippen molar-refractivity contribution in [2.24, 2.45) is 0 Å². The first-order valence-corrected chi connectivity index (χ1v) is 9.32. The number of fused-ring (bicyclic) bond motifs is 1. The largest absolute Gasteiger partial charge is 0.478 e. The molecule has 2 aromatic carbocycles. The fraction of sp³-hybridized carbons (Fsp3) is 0.222. The van der Waals surface area contributed by atoms with Gasteiger partial charge >= 0.3 is 5.97 Å². The van der Waals surface area contributed by atoms with E-state index in [9.17, 15) is 18.3 Å². The van der Waals surface area contributed by atoms with Crippen molar-refractivity contribution in [1.82, 2.24) is 0 Å². The summed E-state index contributed by atoms with van der Waals surface area (Å²) in [5.74, 6) is -1.15. The van der Waals surface area contributed by atoms with Gasteiger partial charge in [0.15, 0.2) is 0 Å². The molecule has 25 heavy (non-hydrogen) atoms. The first-order chi connectivity index (χ1) is 11.9. The van der Waals surface area contributed by atoms with Gasteiger partial charge in [-0.15, -0.1) is 0 Å². The fourth-order valence-electron chi connectivity index (χ4n) is 3.09. The normalized spacial score (nSPS) is 13.6. The number of carbonyl (C=O) groups is 1. The average Bonchev–Trinajstić information content (AvgIpc) is 2.61. The molecule has 0 aliphatic heterocycles. The summed E-state index contributed by atoms with van der Waals surface area (Å²) >= 11 is 0. The number of aryl methyl sites for hydroxylation is 1. The molecule has 0 saturated heterocycles. The van der Waals surface area contributed by atoms with Crippen LogP contribution in [0, 0.1) is 11.3 Å². The Morgan fingerprint density at radius 1 is 1.16 bits per heavy atom. The molecule has 0 amide bonds. The lowest BCUT2D eigenvalue weighted by molar-refractivity contribution is 0.0696. The van der Waals surface area contributed by atoms with Crippen molar-refractivity contribution in [3.63, 3.8) is 0 Å². The second-order valence-corrected chi connectivity index (χ2v) is 7.57. The highest BCUT2D eigenvalue weighted by Gasteiger charge is 2.24. The number of sulfonamides is 1. The summed E-state index contributed by atoms with van der Waals surface area (Å²) in [4.78, 5) is 11.7. The first-order valence-electron chi connectivity index (χ1n) is 7.83. The smallest absolute Gasteiger partial charge is 0.338 e. The minimum Gasteiger partial charge on any atom is -0.478 e. The van der Waals surface area contributed by atoms with Crippen LogP contribution in [-0.2, 0) is 22.9 Å². The highest BCUT2D eigenvalue weighted by Crippen LogP contribution is 2.31. The molecule has 0 bridgehead atoms. The van der Waals surface area contributed by atoms with Gasteiger partial charge in [0.05, 0.1) is 27.8 Å². The fourth-order valence-corrected chi connectivity index (χ4v) is 4.21. The lowest BCUT2D eigenvalue weighted by atomic mass is 9.87. The Morgan fingerprint density at radius 2 is 1.92 bits per heavy atom. The van der Waals surface area contributed by atoms with Gasteiger partial charge in [-0.05, 0) is 61.1 Å². The minimum absolute atomic E-state index is 0.0113. The van der Waals surface area contributed by atoms with Crippen LogP contribution in [0.2, 0.25) is 0 Å². The number of hydrogen-bond acceptors (Lipinski definition) is 4. The molecule has 0 fully saturated rings. The molecule has 6 nitrogen and oxygen atoms in total. The van der Waals surface area contributed by atoms with Crippen LogP contribution < -0.4 is 4.72 Å². The number of rotatable bonds is 4. The summed E-state index contributed by atoms with van der Waals surface area (Å²) in [6.45, 7) is 0. The van der Waals surface area contributed by atoms with Gasteiger partial charge in [-0.3, -0.25) is 4.72 Å². The second-order valence-electron chi connectivity index (χ2n) is 5.88. The number of carboxylic acid groups (broad SMARTS) is 1. The van der Waals surface area contributed by atoms with E-state index >= 15 is 0 Å². The monoisotopic (exact) mass is 356 g/mol. The second kappa shape index (κ2) is 6.57. The number of hydrogen-bond donors (Lipinski definition) is 2. The van der Waals surface area contributed by atoms with E-state index in [1.807, 2.05) is 6.07 Å². The van der Waals surface area contributed by atoms with E-state index in [4.69, 9.17) is 5.26 Å². The molecule has 0 atom stereocenters. The number of nitrogens with zero attached hydrogens (tertiary/aromatic N) is 1. The Bertz CT molecular complexity index is 991. The third-order valence-electron chi connectivity index (χ3n) is 4.26. The van der Waals surface area contributed by atoms with Crippen molar-refractivity contribution in [3.8, 4) is 6.07 Å². The zero-order chi connectivity index (χ0) is 18.0. The molecule has 128 valence electrons. The van der Waals surface area contributed by atoms with Crippen molar-refractivity contribution in [2.45, 2.75) is 30.6 Å². The Morgan fingerprint density at radius 3 is 2.64 bits per heavy atom. The number of carboxylic acids is 1. The third-order valence-corrected chi connectivity index (χ3v) is 5.63. The zero-order valence-electron chi connectivity index (χ0n) is 13.3. The van der Waals surface area contributed by atoms with Crippen LogP contribution in [0.1, 0.15) is 39.9 Å². The van der Waals surface area contributed by atoms with Gasteiger partial charge < -0.3 is 5.11 Å². The van der Waals surface area contributed by atoms with E-state index in [1.165, 1.54) is 30.3 Å². The van der Waals surface area contributed by atoms with E-state index in [2.05, 4.69) is 4.72 Å². The summed E-state index contributed by atoms with van der Waals surface area (Å²) in [6, 6.07) is 10.8. The summed E-state index contributed by atoms with van der Waals surface area (Å²) in [5.41, 5.74) is 1.93. The predicted octanol–water partition coefficient (Wildman–Crippen LogP) is 2.94. The van der Waals surface area contributed by atoms with Crippen LogP contribution in [0.3, 0.4) is 0 Å².